The SMILES string of the molecule is CCCCCC(=O)OC(C)CN[C@@H](Cc1ccc(OC(=O)C(C)CCC)c(OC(=O)C(C)CCC)c1)C(=O)O. The van der Waals surface area contributed by atoms with Crippen LogP contribution in [0.1, 0.15) is 98.5 Å². The summed E-state index contributed by atoms with van der Waals surface area (Å²) in [6.45, 7) is 11.4. The number of hydrogen-bond donors (Lipinski definition) is 2. The molecule has 220 valence electrons. The summed E-state index contributed by atoms with van der Waals surface area (Å²) < 4.78 is 16.6. The smallest absolute Gasteiger partial charge is 0.321 e. The van der Waals surface area contributed by atoms with E-state index in [9.17, 15) is 24.3 Å². The monoisotopic (exact) mass is 549 g/mol. The molecule has 0 heterocycles. The summed E-state index contributed by atoms with van der Waals surface area (Å²) in [5.74, 6) is -2.71. The number of hydrogen-bond acceptors (Lipinski definition) is 8. The quantitative estimate of drug-likeness (QED) is 0.131. The van der Waals surface area contributed by atoms with Crippen molar-refractivity contribution in [3.8, 4) is 11.5 Å². The van der Waals surface area contributed by atoms with Gasteiger partial charge in [-0.05, 0) is 50.3 Å². The van der Waals surface area contributed by atoms with Gasteiger partial charge in [-0.25, -0.2) is 0 Å². The molecule has 1 aromatic rings. The van der Waals surface area contributed by atoms with E-state index in [-0.39, 0.29) is 42.3 Å². The Hall–Kier alpha value is -2.94. The molecule has 0 fully saturated rings. The van der Waals surface area contributed by atoms with Crippen LogP contribution in [-0.2, 0) is 30.3 Å². The van der Waals surface area contributed by atoms with Gasteiger partial charge in [-0.15, -0.1) is 0 Å². The molecule has 0 aliphatic rings. The van der Waals surface area contributed by atoms with Crippen LogP contribution < -0.4 is 14.8 Å². The van der Waals surface area contributed by atoms with Crippen LogP contribution in [0.5, 0.6) is 11.5 Å². The van der Waals surface area contributed by atoms with E-state index >= 15 is 0 Å². The molecule has 1 rings (SSSR count). The molecule has 0 bridgehead atoms. The molecule has 0 aliphatic carbocycles. The number of benzene rings is 1. The molecule has 1 aromatic carbocycles. The molecule has 0 spiro atoms. The number of carboxylic acid groups (broad SMARTS) is 1. The number of carbonyl (C=O) groups excluding carboxylic acids is 3. The van der Waals surface area contributed by atoms with Crippen LogP contribution in [-0.4, -0.2) is 47.7 Å². The molecule has 0 aliphatic heterocycles. The number of esters is 3. The lowest BCUT2D eigenvalue weighted by Gasteiger charge is -2.20. The minimum Gasteiger partial charge on any atom is -0.480 e. The number of ether oxygens (including phenoxy) is 3. The van der Waals surface area contributed by atoms with Gasteiger partial charge in [-0.2, -0.15) is 0 Å². The molecule has 0 amide bonds. The molecular weight excluding hydrogens is 502 g/mol. The number of unbranched alkanes of at least 4 members (excludes halogenated alkanes) is 2. The normalized spacial score (nSPS) is 14.1. The Kier molecular flexibility index (Phi) is 16.1. The fourth-order valence-corrected chi connectivity index (χ4v) is 4.00. The van der Waals surface area contributed by atoms with E-state index in [0.717, 1.165) is 32.1 Å². The first-order chi connectivity index (χ1) is 18.5. The van der Waals surface area contributed by atoms with Gasteiger partial charge >= 0.3 is 23.9 Å². The van der Waals surface area contributed by atoms with Crippen molar-refractivity contribution in [3.63, 3.8) is 0 Å². The fourth-order valence-electron chi connectivity index (χ4n) is 4.00. The van der Waals surface area contributed by atoms with E-state index in [2.05, 4.69) is 12.2 Å². The third-order valence-corrected chi connectivity index (χ3v) is 6.38. The highest BCUT2D eigenvalue weighted by atomic mass is 16.6. The van der Waals surface area contributed by atoms with Crippen molar-refractivity contribution < 1.29 is 38.5 Å². The van der Waals surface area contributed by atoms with Crippen LogP contribution in [0.4, 0.5) is 0 Å². The Morgan fingerprint density at radius 2 is 1.44 bits per heavy atom. The van der Waals surface area contributed by atoms with Gasteiger partial charge in [0.25, 0.3) is 0 Å². The van der Waals surface area contributed by atoms with Gasteiger partial charge in [-0.3, -0.25) is 19.2 Å². The summed E-state index contributed by atoms with van der Waals surface area (Å²) in [6.07, 6.45) is 5.58. The molecule has 39 heavy (non-hydrogen) atoms. The summed E-state index contributed by atoms with van der Waals surface area (Å²) in [7, 11) is 0. The van der Waals surface area contributed by atoms with Crippen LogP contribution in [0, 0.1) is 11.8 Å². The maximum atomic E-state index is 12.7. The van der Waals surface area contributed by atoms with Crippen molar-refractivity contribution in [2.75, 3.05) is 6.54 Å². The average Bonchev–Trinajstić information content (AvgIpc) is 2.88. The molecule has 9 heteroatoms. The second kappa shape index (κ2) is 18.4. The zero-order valence-electron chi connectivity index (χ0n) is 24.4. The third-order valence-electron chi connectivity index (χ3n) is 6.38. The second-order valence-corrected chi connectivity index (χ2v) is 10.3. The van der Waals surface area contributed by atoms with Crippen LogP contribution in [0.15, 0.2) is 18.2 Å². The van der Waals surface area contributed by atoms with E-state index in [0.29, 0.717) is 24.8 Å². The van der Waals surface area contributed by atoms with Crippen molar-refractivity contribution in [3.05, 3.63) is 23.8 Å². The van der Waals surface area contributed by atoms with Crippen LogP contribution >= 0.6 is 0 Å². The van der Waals surface area contributed by atoms with Crippen LogP contribution in [0.2, 0.25) is 0 Å². The summed E-state index contributed by atoms with van der Waals surface area (Å²) >= 11 is 0. The number of rotatable bonds is 19. The van der Waals surface area contributed by atoms with E-state index < -0.39 is 30.1 Å². The molecule has 0 aromatic heterocycles. The lowest BCUT2D eigenvalue weighted by atomic mass is 10.0. The maximum absolute atomic E-state index is 12.7. The Morgan fingerprint density at radius 3 is 1.97 bits per heavy atom. The van der Waals surface area contributed by atoms with Gasteiger partial charge < -0.3 is 24.6 Å². The van der Waals surface area contributed by atoms with E-state index in [1.165, 1.54) is 6.07 Å². The average molecular weight is 550 g/mol. The highest BCUT2D eigenvalue weighted by molar-refractivity contribution is 5.78. The highest BCUT2D eigenvalue weighted by Crippen LogP contribution is 2.31. The maximum Gasteiger partial charge on any atom is 0.321 e. The number of nitrogens with one attached hydrogen (secondary N) is 1. The van der Waals surface area contributed by atoms with Gasteiger partial charge in [-0.1, -0.05) is 66.4 Å². The Morgan fingerprint density at radius 1 is 0.846 bits per heavy atom. The molecule has 4 atom stereocenters. The zero-order valence-corrected chi connectivity index (χ0v) is 24.4. The second-order valence-electron chi connectivity index (χ2n) is 10.3. The van der Waals surface area contributed by atoms with E-state index in [1.807, 2.05) is 13.8 Å². The van der Waals surface area contributed by atoms with Crippen molar-refractivity contribution in [1.29, 1.82) is 0 Å². The Labute approximate surface area is 233 Å². The summed E-state index contributed by atoms with van der Waals surface area (Å²) in [4.78, 5) is 49.1. The standard InChI is InChI=1S/C30H47NO8/c1-7-10-11-14-27(32)37-22(6)19-31-24(28(33)34)17-23-15-16-25(38-29(35)20(4)12-8-2)26(18-23)39-30(36)21(5)13-9-3/h15-16,18,20-22,24,31H,7-14,17,19H2,1-6H3,(H,33,34)/t20?,21?,22?,24-/m0/s1. The highest BCUT2D eigenvalue weighted by Gasteiger charge is 2.24. The first kappa shape index (κ1) is 34.1. The minimum atomic E-state index is -1.07. The van der Waals surface area contributed by atoms with Gasteiger partial charge in [0, 0.05) is 13.0 Å². The molecule has 2 N–H and O–H groups in total. The third kappa shape index (κ3) is 13.1. The Balaban J connectivity index is 3.00. The largest absolute Gasteiger partial charge is 0.480 e. The molecule has 3 unspecified atom stereocenters. The topological polar surface area (TPSA) is 128 Å². The van der Waals surface area contributed by atoms with Gasteiger partial charge in [0.15, 0.2) is 11.5 Å². The molecule has 0 saturated heterocycles. The van der Waals surface area contributed by atoms with Gasteiger partial charge in [0.2, 0.25) is 0 Å². The summed E-state index contributed by atoms with van der Waals surface area (Å²) in [6, 6.07) is 3.73. The van der Waals surface area contributed by atoms with Gasteiger partial charge in [0.05, 0.1) is 11.8 Å². The molecular formula is C30H47NO8. The van der Waals surface area contributed by atoms with Crippen LogP contribution in [0.25, 0.3) is 0 Å². The summed E-state index contributed by atoms with van der Waals surface area (Å²) in [5.41, 5.74) is 0.575. The van der Waals surface area contributed by atoms with Crippen molar-refractivity contribution in [2.45, 2.75) is 111 Å². The van der Waals surface area contributed by atoms with Crippen molar-refractivity contribution in [2.24, 2.45) is 11.8 Å². The van der Waals surface area contributed by atoms with E-state index in [4.69, 9.17) is 14.2 Å². The fraction of sp³-hybridized carbons (Fsp3) is 0.667. The number of aliphatic carboxylic acids is 1. The number of carbonyl (C=O) groups is 4. The Bertz CT molecular complexity index is 932. The predicted octanol–water partition coefficient (Wildman–Crippen LogP) is 5.47. The zero-order chi connectivity index (χ0) is 29.4. The first-order valence-corrected chi connectivity index (χ1v) is 14.2. The number of carboxylic acids is 1. The lowest BCUT2D eigenvalue weighted by molar-refractivity contribution is -0.148. The van der Waals surface area contributed by atoms with Crippen LogP contribution in [0.3, 0.4) is 0 Å². The lowest BCUT2D eigenvalue weighted by Crippen LogP contribution is -2.42. The predicted molar refractivity (Wildman–Crippen MR) is 149 cm³/mol. The molecule has 9 nitrogen and oxygen atoms in total. The van der Waals surface area contributed by atoms with Crippen molar-refractivity contribution >= 4 is 23.9 Å². The first-order valence-electron chi connectivity index (χ1n) is 14.2. The molecule has 0 radical (unpaired) electrons. The van der Waals surface area contributed by atoms with E-state index in [1.54, 1.807) is 32.9 Å². The van der Waals surface area contributed by atoms with Gasteiger partial charge in [0.1, 0.15) is 12.1 Å². The molecule has 0 saturated carbocycles. The minimum absolute atomic E-state index is 0.0715. The summed E-state index contributed by atoms with van der Waals surface area (Å²) in [5, 5.41) is 12.7. The van der Waals surface area contributed by atoms with Crippen molar-refractivity contribution in [1.82, 2.24) is 5.32 Å².